The maximum absolute atomic E-state index is 5.97. The fourth-order valence-corrected chi connectivity index (χ4v) is 3.91. The normalized spacial score (nSPS) is 32.1. The Morgan fingerprint density at radius 2 is 2.42 bits per heavy atom. The summed E-state index contributed by atoms with van der Waals surface area (Å²) in [6.45, 7) is 2.36. The second-order valence-corrected chi connectivity index (χ2v) is 5.38. The number of hydrogen-bond acceptors (Lipinski definition) is 2. The molecule has 3 rings (SSSR count). The number of halogens is 1. The largest absolute Gasteiger partial charge is 0.316 e. The van der Waals surface area contributed by atoms with Crippen molar-refractivity contribution in [3.05, 3.63) is 20.8 Å². The molecule has 2 unspecified atom stereocenters. The lowest BCUT2D eigenvalue weighted by atomic mass is 10.0. The summed E-state index contributed by atoms with van der Waals surface area (Å²) in [5, 5.41) is 3.44. The Bertz CT molecular complexity index is 320. The van der Waals surface area contributed by atoms with Crippen LogP contribution in [0.4, 0.5) is 0 Å². The quantitative estimate of drug-likeness (QED) is 0.676. The maximum atomic E-state index is 5.97. The highest BCUT2D eigenvalue weighted by Crippen LogP contribution is 2.45. The van der Waals surface area contributed by atoms with E-state index in [9.17, 15) is 0 Å². The van der Waals surface area contributed by atoms with Crippen molar-refractivity contribution in [1.29, 1.82) is 0 Å². The highest BCUT2D eigenvalue weighted by molar-refractivity contribution is 7.16. The van der Waals surface area contributed by atoms with Gasteiger partial charge in [0, 0.05) is 17.3 Å². The van der Waals surface area contributed by atoms with Gasteiger partial charge in [-0.2, -0.15) is 0 Å². The molecule has 0 saturated carbocycles. The van der Waals surface area contributed by atoms with E-state index in [0.29, 0.717) is 0 Å². The van der Waals surface area contributed by atoms with Crippen LogP contribution in [0, 0.1) is 5.92 Å². The zero-order valence-corrected chi connectivity index (χ0v) is 8.21. The summed E-state index contributed by atoms with van der Waals surface area (Å²) in [6.07, 6.45) is 1.25. The minimum atomic E-state index is 0.775. The van der Waals surface area contributed by atoms with E-state index >= 15 is 0 Å². The van der Waals surface area contributed by atoms with Gasteiger partial charge in [0.25, 0.3) is 0 Å². The molecule has 1 aliphatic heterocycles. The molecule has 0 radical (unpaired) electrons. The van der Waals surface area contributed by atoms with Crippen LogP contribution >= 0.6 is 22.9 Å². The van der Waals surface area contributed by atoms with Gasteiger partial charge in [-0.05, 0) is 30.5 Å². The molecule has 2 heterocycles. The molecule has 0 bridgehead atoms. The Balaban J connectivity index is 2.06. The first kappa shape index (κ1) is 7.36. The van der Waals surface area contributed by atoms with Gasteiger partial charge in [0.2, 0.25) is 0 Å². The van der Waals surface area contributed by atoms with Gasteiger partial charge in [0.1, 0.15) is 0 Å². The molecule has 3 heteroatoms. The van der Waals surface area contributed by atoms with E-state index in [4.69, 9.17) is 11.6 Å². The van der Waals surface area contributed by atoms with E-state index in [1.807, 2.05) is 0 Å². The van der Waals surface area contributed by atoms with Crippen LogP contribution < -0.4 is 5.32 Å². The van der Waals surface area contributed by atoms with E-state index in [1.54, 1.807) is 16.2 Å². The van der Waals surface area contributed by atoms with E-state index < -0.39 is 0 Å². The van der Waals surface area contributed by atoms with Crippen LogP contribution in [0.5, 0.6) is 0 Å². The fraction of sp³-hybridized carbons (Fsp3) is 0.556. The van der Waals surface area contributed by atoms with Gasteiger partial charge in [-0.1, -0.05) is 11.6 Å². The first-order chi connectivity index (χ1) is 5.84. The average Bonchev–Trinajstić information content (AvgIpc) is 2.59. The Morgan fingerprint density at radius 3 is 3.33 bits per heavy atom. The highest BCUT2D eigenvalue weighted by atomic mass is 35.5. The van der Waals surface area contributed by atoms with Crippen molar-refractivity contribution in [3.8, 4) is 0 Å². The molecule has 1 fully saturated rings. The van der Waals surface area contributed by atoms with Crippen LogP contribution in [0.2, 0.25) is 4.34 Å². The lowest BCUT2D eigenvalue weighted by Gasteiger charge is -2.05. The van der Waals surface area contributed by atoms with Gasteiger partial charge < -0.3 is 5.32 Å². The molecule has 2 aliphatic rings. The van der Waals surface area contributed by atoms with Crippen molar-refractivity contribution in [2.45, 2.75) is 12.3 Å². The van der Waals surface area contributed by atoms with Crippen LogP contribution in [0.25, 0.3) is 0 Å². The summed E-state index contributed by atoms with van der Waals surface area (Å²) >= 11 is 7.75. The SMILES string of the molecule is Clc1cc2c(s1)C1CNCC1C2. The highest BCUT2D eigenvalue weighted by Gasteiger charge is 2.37. The standard InChI is InChI=1S/C9H10ClNS/c10-8-2-5-1-6-3-11-4-7(6)9(5)12-8/h2,6-7,11H,1,3-4H2. The Morgan fingerprint density at radius 1 is 1.50 bits per heavy atom. The smallest absolute Gasteiger partial charge is 0.0934 e. The predicted molar refractivity (Wildman–Crippen MR) is 52.1 cm³/mol. The molecule has 1 aliphatic carbocycles. The van der Waals surface area contributed by atoms with Crippen molar-refractivity contribution in [3.63, 3.8) is 0 Å². The van der Waals surface area contributed by atoms with Crippen LogP contribution in [-0.4, -0.2) is 13.1 Å². The van der Waals surface area contributed by atoms with Crippen LogP contribution in [0.3, 0.4) is 0 Å². The summed E-state index contributed by atoms with van der Waals surface area (Å²) < 4.78 is 0.963. The van der Waals surface area contributed by atoms with E-state index in [0.717, 1.165) is 22.7 Å². The molecule has 2 atom stereocenters. The molecule has 1 aromatic rings. The summed E-state index contributed by atoms with van der Waals surface area (Å²) in [4.78, 5) is 1.55. The molecule has 0 aromatic carbocycles. The molecule has 1 aromatic heterocycles. The zero-order valence-electron chi connectivity index (χ0n) is 6.64. The lowest BCUT2D eigenvalue weighted by Crippen LogP contribution is -2.09. The molecule has 12 heavy (non-hydrogen) atoms. The van der Waals surface area contributed by atoms with Gasteiger partial charge in [0.15, 0.2) is 0 Å². The Hall–Kier alpha value is -0.0500. The van der Waals surface area contributed by atoms with Crippen LogP contribution in [0.1, 0.15) is 16.4 Å². The molecular formula is C9H10ClNS. The molecule has 1 saturated heterocycles. The Kier molecular flexibility index (Phi) is 1.52. The monoisotopic (exact) mass is 199 g/mol. The van der Waals surface area contributed by atoms with Gasteiger partial charge >= 0.3 is 0 Å². The van der Waals surface area contributed by atoms with Crippen molar-refractivity contribution < 1.29 is 0 Å². The second-order valence-electron chi connectivity index (χ2n) is 3.67. The summed E-state index contributed by atoms with van der Waals surface area (Å²) in [5.74, 6) is 1.64. The van der Waals surface area contributed by atoms with E-state index in [2.05, 4.69) is 11.4 Å². The van der Waals surface area contributed by atoms with Crippen molar-refractivity contribution in [2.24, 2.45) is 5.92 Å². The summed E-state index contributed by atoms with van der Waals surface area (Å²) in [5.41, 5.74) is 1.52. The topological polar surface area (TPSA) is 12.0 Å². The maximum Gasteiger partial charge on any atom is 0.0934 e. The minimum absolute atomic E-state index is 0.775. The van der Waals surface area contributed by atoms with E-state index in [1.165, 1.54) is 18.5 Å². The van der Waals surface area contributed by atoms with Crippen molar-refractivity contribution in [2.75, 3.05) is 13.1 Å². The first-order valence-corrected chi connectivity index (χ1v) is 5.53. The number of hydrogen-bond donors (Lipinski definition) is 1. The predicted octanol–water partition coefficient (Wildman–Crippen LogP) is 2.26. The average molecular weight is 200 g/mol. The summed E-state index contributed by atoms with van der Waals surface area (Å²) in [6, 6.07) is 2.15. The molecule has 1 N–H and O–H groups in total. The number of thiophene rings is 1. The third kappa shape index (κ3) is 0.889. The second kappa shape index (κ2) is 2.47. The van der Waals surface area contributed by atoms with Gasteiger partial charge in [0.05, 0.1) is 4.34 Å². The zero-order chi connectivity index (χ0) is 8.13. The van der Waals surface area contributed by atoms with Crippen LogP contribution in [-0.2, 0) is 6.42 Å². The van der Waals surface area contributed by atoms with E-state index in [-0.39, 0.29) is 0 Å². The fourth-order valence-electron chi connectivity index (χ4n) is 2.42. The number of rotatable bonds is 0. The molecule has 64 valence electrons. The Labute approximate surface area is 80.7 Å². The first-order valence-electron chi connectivity index (χ1n) is 4.33. The molecular weight excluding hydrogens is 190 g/mol. The molecule has 1 nitrogen and oxygen atoms in total. The summed E-state index contributed by atoms with van der Waals surface area (Å²) in [7, 11) is 0. The molecule has 0 amide bonds. The third-order valence-electron chi connectivity index (χ3n) is 2.97. The van der Waals surface area contributed by atoms with Gasteiger partial charge in [-0.15, -0.1) is 11.3 Å². The van der Waals surface area contributed by atoms with Crippen LogP contribution in [0.15, 0.2) is 6.07 Å². The van der Waals surface area contributed by atoms with Crippen molar-refractivity contribution >= 4 is 22.9 Å². The lowest BCUT2D eigenvalue weighted by molar-refractivity contribution is 0.567. The minimum Gasteiger partial charge on any atom is -0.316 e. The third-order valence-corrected chi connectivity index (χ3v) is 4.41. The molecule has 0 spiro atoms. The number of fused-ring (bicyclic) bond motifs is 3. The number of nitrogens with one attached hydrogen (secondary N) is 1. The van der Waals surface area contributed by atoms with Crippen molar-refractivity contribution in [1.82, 2.24) is 5.32 Å². The van der Waals surface area contributed by atoms with Gasteiger partial charge in [-0.25, -0.2) is 0 Å². The van der Waals surface area contributed by atoms with Gasteiger partial charge in [-0.3, -0.25) is 0 Å².